The SMILES string of the molecule is Nc1c(C(=O)c2ccc(F)cc2F)ccc(=O)n1-c1c(F)cc(OCCCNOC(=O)Cc2ccccc2)cc1F. The number of nitrogens with zero attached hydrogens (tertiary/aromatic N) is 1. The fraction of sp³-hybridized carbons (Fsp3) is 0.138. The van der Waals surface area contributed by atoms with E-state index in [9.17, 15) is 23.2 Å². The molecule has 1 heterocycles. The second-order valence-corrected chi connectivity index (χ2v) is 8.73. The molecule has 0 spiro atoms. The minimum Gasteiger partial charge on any atom is -0.493 e. The Kier molecular flexibility index (Phi) is 9.15. The Morgan fingerprint density at radius 1 is 0.854 bits per heavy atom. The van der Waals surface area contributed by atoms with Crippen LogP contribution in [0.2, 0.25) is 0 Å². The van der Waals surface area contributed by atoms with Gasteiger partial charge in [0.2, 0.25) is 0 Å². The van der Waals surface area contributed by atoms with Gasteiger partial charge in [-0.1, -0.05) is 30.3 Å². The molecule has 0 saturated heterocycles. The zero-order chi connectivity index (χ0) is 29.5. The number of nitrogen functional groups attached to an aromatic ring is 1. The van der Waals surface area contributed by atoms with Crippen molar-refractivity contribution in [1.29, 1.82) is 0 Å². The Morgan fingerprint density at radius 2 is 1.54 bits per heavy atom. The summed E-state index contributed by atoms with van der Waals surface area (Å²) in [5.74, 6) is -6.89. The second-order valence-electron chi connectivity index (χ2n) is 8.73. The topological polar surface area (TPSA) is 113 Å². The van der Waals surface area contributed by atoms with Crippen molar-refractivity contribution in [3.05, 3.63) is 123 Å². The summed E-state index contributed by atoms with van der Waals surface area (Å²) in [5, 5.41) is 0. The predicted molar refractivity (Wildman–Crippen MR) is 141 cm³/mol. The van der Waals surface area contributed by atoms with Gasteiger partial charge in [-0.2, -0.15) is 5.48 Å². The molecule has 8 nitrogen and oxygen atoms in total. The van der Waals surface area contributed by atoms with Crippen molar-refractivity contribution >= 4 is 17.6 Å². The minimum absolute atomic E-state index is 0.00320. The smallest absolute Gasteiger partial charge is 0.329 e. The first-order chi connectivity index (χ1) is 19.7. The zero-order valence-electron chi connectivity index (χ0n) is 21.3. The van der Waals surface area contributed by atoms with Crippen LogP contribution in [0, 0.1) is 23.3 Å². The number of rotatable bonds is 11. The van der Waals surface area contributed by atoms with Crippen LogP contribution in [-0.4, -0.2) is 29.5 Å². The molecule has 4 aromatic rings. The third-order valence-electron chi connectivity index (χ3n) is 5.83. The maximum atomic E-state index is 15.0. The minimum atomic E-state index is -1.22. The van der Waals surface area contributed by atoms with Crippen LogP contribution in [0.25, 0.3) is 5.69 Å². The van der Waals surface area contributed by atoms with Crippen molar-refractivity contribution in [3.8, 4) is 11.4 Å². The average Bonchev–Trinajstić information content (AvgIpc) is 2.92. The molecular formula is C29H23F4N3O5. The number of pyridine rings is 1. The molecule has 212 valence electrons. The van der Waals surface area contributed by atoms with E-state index in [0.717, 1.165) is 42.0 Å². The summed E-state index contributed by atoms with van der Waals surface area (Å²) in [6.07, 6.45) is 0.392. The van der Waals surface area contributed by atoms with Gasteiger partial charge in [-0.05, 0) is 30.2 Å². The molecule has 0 saturated carbocycles. The Bertz CT molecular complexity index is 1620. The van der Waals surface area contributed by atoms with E-state index in [1.807, 2.05) is 6.07 Å². The molecule has 3 N–H and O–H groups in total. The van der Waals surface area contributed by atoms with Gasteiger partial charge >= 0.3 is 5.97 Å². The highest BCUT2D eigenvalue weighted by Crippen LogP contribution is 2.27. The van der Waals surface area contributed by atoms with E-state index in [0.29, 0.717) is 17.1 Å². The van der Waals surface area contributed by atoms with Crippen molar-refractivity contribution < 1.29 is 36.7 Å². The predicted octanol–water partition coefficient (Wildman–Crippen LogP) is 4.27. The Labute approximate surface area is 230 Å². The number of anilines is 1. The highest BCUT2D eigenvalue weighted by Gasteiger charge is 2.23. The van der Waals surface area contributed by atoms with E-state index < -0.39 is 63.2 Å². The lowest BCUT2D eigenvalue weighted by Gasteiger charge is -2.16. The summed E-state index contributed by atoms with van der Waals surface area (Å²) >= 11 is 0. The second kappa shape index (κ2) is 12.9. The highest BCUT2D eigenvalue weighted by molar-refractivity contribution is 6.11. The standard InChI is InChI=1S/C29H23F4N3O5/c30-18-7-8-20(22(31)14-18)28(39)21-9-10-25(37)36(29(21)34)27-23(32)15-19(16-24(27)33)40-12-4-11-35-41-26(38)13-17-5-2-1-3-6-17/h1-3,5-10,14-16,35H,4,11-13,34H2. The Morgan fingerprint density at radius 3 is 2.22 bits per heavy atom. The van der Waals surface area contributed by atoms with Crippen LogP contribution in [0.3, 0.4) is 0 Å². The van der Waals surface area contributed by atoms with Crippen molar-refractivity contribution in [2.45, 2.75) is 12.8 Å². The summed E-state index contributed by atoms with van der Waals surface area (Å²) in [6.45, 7) is 0.196. The number of hydroxylamine groups is 1. The number of aromatic nitrogens is 1. The zero-order valence-corrected chi connectivity index (χ0v) is 21.3. The number of ether oxygens (including phenoxy) is 1. The number of carbonyl (C=O) groups is 2. The summed E-state index contributed by atoms with van der Waals surface area (Å²) in [4.78, 5) is 42.1. The number of hydrogen-bond acceptors (Lipinski definition) is 7. The number of ketones is 1. The largest absolute Gasteiger partial charge is 0.493 e. The van der Waals surface area contributed by atoms with Gasteiger partial charge in [0.1, 0.15) is 28.9 Å². The van der Waals surface area contributed by atoms with Crippen molar-refractivity contribution in [1.82, 2.24) is 10.0 Å². The van der Waals surface area contributed by atoms with Crippen molar-refractivity contribution in [2.24, 2.45) is 0 Å². The number of nitrogens with two attached hydrogens (primary N) is 1. The Hall–Kier alpha value is -4.97. The molecule has 1 aromatic heterocycles. The van der Waals surface area contributed by atoms with E-state index in [2.05, 4.69) is 5.48 Å². The maximum Gasteiger partial charge on any atom is 0.329 e. The van der Waals surface area contributed by atoms with Gasteiger partial charge in [-0.15, -0.1) is 0 Å². The first kappa shape index (κ1) is 29.0. The summed E-state index contributed by atoms with van der Waals surface area (Å²) in [5.41, 5.74) is 6.41. The molecule has 0 amide bonds. The first-order valence-corrected chi connectivity index (χ1v) is 12.3. The molecule has 12 heteroatoms. The molecule has 0 bridgehead atoms. The number of nitrogens with one attached hydrogen (secondary N) is 1. The van der Waals surface area contributed by atoms with Gasteiger partial charge in [-0.25, -0.2) is 17.6 Å². The summed E-state index contributed by atoms with van der Waals surface area (Å²) in [6, 6.07) is 14.7. The number of hydrogen-bond donors (Lipinski definition) is 2. The first-order valence-electron chi connectivity index (χ1n) is 12.3. The van der Waals surface area contributed by atoms with Crippen LogP contribution in [0.5, 0.6) is 5.75 Å². The highest BCUT2D eigenvalue weighted by atomic mass is 19.1. The third kappa shape index (κ3) is 6.97. The molecule has 0 unspecified atom stereocenters. The van der Waals surface area contributed by atoms with E-state index in [-0.39, 0.29) is 25.3 Å². The maximum absolute atomic E-state index is 15.0. The van der Waals surface area contributed by atoms with E-state index in [4.69, 9.17) is 15.3 Å². The van der Waals surface area contributed by atoms with E-state index in [1.165, 1.54) is 0 Å². The molecule has 0 aliphatic carbocycles. The monoisotopic (exact) mass is 569 g/mol. The lowest BCUT2D eigenvalue weighted by atomic mass is 10.0. The molecule has 0 fully saturated rings. The van der Waals surface area contributed by atoms with Crippen LogP contribution in [-0.2, 0) is 16.1 Å². The molecule has 0 atom stereocenters. The molecule has 0 aliphatic heterocycles. The molecular weight excluding hydrogens is 546 g/mol. The van der Waals surface area contributed by atoms with Crippen LogP contribution >= 0.6 is 0 Å². The van der Waals surface area contributed by atoms with Gasteiger partial charge in [0, 0.05) is 30.8 Å². The molecule has 0 aliphatic rings. The van der Waals surface area contributed by atoms with Gasteiger partial charge in [0.05, 0.1) is 24.2 Å². The summed E-state index contributed by atoms with van der Waals surface area (Å²) in [7, 11) is 0. The molecule has 3 aromatic carbocycles. The normalized spacial score (nSPS) is 10.8. The average molecular weight is 570 g/mol. The van der Waals surface area contributed by atoms with Gasteiger partial charge in [0.25, 0.3) is 5.56 Å². The van der Waals surface area contributed by atoms with E-state index in [1.54, 1.807) is 24.3 Å². The lowest BCUT2D eigenvalue weighted by molar-refractivity contribution is -0.150. The van der Waals surface area contributed by atoms with Crippen LogP contribution in [0.15, 0.2) is 77.6 Å². The fourth-order valence-electron chi connectivity index (χ4n) is 3.90. The van der Waals surface area contributed by atoms with Gasteiger partial charge in [0.15, 0.2) is 17.4 Å². The van der Waals surface area contributed by atoms with Crippen LogP contribution < -0.4 is 21.5 Å². The van der Waals surface area contributed by atoms with E-state index >= 15 is 8.78 Å². The van der Waals surface area contributed by atoms with Crippen LogP contribution in [0.4, 0.5) is 23.4 Å². The van der Waals surface area contributed by atoms with Gasteiger partial charge in [-0.3, -0.25) is 19.0 Å². The molecule has 4 rings (SSSR count). The molecule has 0 radical (unpaired) electrons. The Balaban J connectivity index is 1.40. The van der Waals surface area contributed by atoms with Crippen molar-refractivity contribution in [2.75, 3.05) is 18.9 Å². The van der Waals surface area contributed by atoms with Gasteiger partial charge < -0.3 is 15.3 Å². The number of benzene rings is 3. The van der Waals surface area contributed by atoms with Crippen LogP contribution in [0.1, 0.15) is 27.9 Å². The summed E-state index contributed by atoms with van der Waals surface area (Å²) < 4.78 is 63.2. The van der Waals surface area contributed by atoms with Crippen molar-refractivity contribution in [3.63, 3.8) is 0 Å². The lowest BCUT2D eigenvalue weighted by Crippen LogP contribution is -2.25. The number of halogens is 4. The fourth-order valence-corrected chi connectivity index (χ4v) is 3.90. The third-order valence-corrected chi connectivity index (χ3v) is 5.83. The quantitative estimate of drug-likeness (QED) is 0.120. The molecule has 41 heavy (non-hydrogen) atoms. The number of carbonyl (C=O) groups excluding carboxylic acids is 2.